The molecule has 0 unspecified atom stereocenters. The predicted molar refractivity (Wildman–Crippen MR) is 65.5 cm³/mol. The Kier molecular flexibility index (Phi) is 4.75. The highest BCUT2D eigenvalue weighted by molar-refractivity contribution is 5.56. The third kappa shape index (κ3) is 4.07. The van der Waals surface area contributed by atoms with E-state index in [0.717, 1.165) is 18.0 Å². The van der Waals surface area contributed by atoms with Gasteiger partial charge in [-0.2, -0.15) is 0 Å². The van der Waals surface area contributed by atoms with Crippen molar-refractivity contribution in [1.82, 2.24) is 0 Å². The number of anilines is 1. The second-order valence-electron chi connectivity index (χ2n) is 3.59. The summed E-state index contributed by atoms with van der Waals surface area (Å²) in [6, 6.07) is 8.00. The summed E-state index contributed by atoms with van der Waals surface area (Å²) in [4.78, 5) is 0. The molecular formula is C13H19NO. The third-order valence-corrected chi connectivity index (χ3v) is 1.99. The molecule has 0 heterocycles. The second-order valence-corrected chi connectivity index (χ2v) is 3.59. The van der Waals surface area contributed by atoms with Crippen LogP contribution in [0.15, 0.2) is 35.9 Å². The van der Waals surface area contributed by atoms with Gasteiger partial charge in [0.15, 0.2) is 0 Å². The average Bonchev–Trinajstić information content (AvgIpc) is 2.20. The van der Waals surface area contributed by atoms with Crippen molar-refractivity contribution in [3.63, 3.8) is 0 Å². The molecule has 1 aromatic rings. The molecule has 1 N–H and O–H groups in total. The van der Waals surface area contributed by atoms with Crippen LogP contribution in [0.1, 0.15) is 20.8 Å². The normalized spacial score (nSPS) is 9.53. The molecule has 1 aromatic carbocycles. The minimum Gasteiger partial charge on any atom is -0.492 e. The molecule has 0 saturated heterocycles. The van der Waals surface area contributed by atoms with E-state index in [2.05, 4.69) is 25.2 Å². The van der Waals surface area contributed by atoms with Crippen molar-refractivity contribution in [2.24, 2.45) is 0 Å². The molecule has 0 fully saturated rings. The van der Waals surface area contributed by atoms with Gasteiger partial charge in [-0.3, -0.25) is 0 Å². The summed E-state index contributed by atoms with van der Waals surface area (Å²) in [5.41, 5.74) is 2.37. The predicted octanol–water partition coefficient (Wildman–Crippen LogP) is 3.46. The van der Waals surface area contributed by atoms with Gasteiger partial charge in [0.1, 0.15) is 5.75 Å². The molecule has 82 valence electrons. The SMILES string of the molecule is CCOc1ccccc1NCC=C(C)C. The maximum atomic E-state index is 5.51. The summed E-state index contributed by atoms with van der Waals surface area (Å²) in [6.45, 7) is 7.72. The van der Waals surface area contributed by atoms with E-state index >= 15 is 0 Å². The van der Waals surface area contributed by atoms with E-state index in [4.69, 9.17) is 4.74 Å². The molecule has 2 nitrogen and oxygen atoms in total. The van der Waals surface area contributed by atoms with Gasteiger partial charge in [0, 0.05) is 6.54 Å². The molecular weight excluding hydrogens is 186 g/mol. The molecule has 0 saturated carbocycles. The largest absolute Gasteiger partial charge is 0.492 e. The first-order valence-corrected chi connectivity index (χ1v) is 5.33. The second kappa shape index (κ2) is 6.12. The van der Waals surface area contributed by atoms with E-state index in [1.54, 1.807) is 0 Å². The van der Waals surface area contributed by atoms with E-state index in [1.807, 2.05) is 31.2 Å². The molecule has 0 radical (unpaired) electrons. The molecule has 1 rings (SSSR count). The molecule has 0 aliphatic heterocycles. The zero-order chi connectivity index (χ0) is 11.1. The lowest BCUT2D eigenvalue weighted by Gasteiger charge is -2.10. The first-order valence-electron chi connectivity index (χ1n) is 5.33. The third-order valence-electron chi connectivity index (χ3n) is 1.99. The van der Waals surface area contributed by atoms with Crippen LogP contribution in [0.3, 0.4) is 0 Å². The lowest BCUT2D eigenvalue weighted by molar-refractivity contribution is 0.342. The van der Waals surface area contributed by atoms with Crippen molar-refractivity contribution in [2.45, 2.75) is 20.8 Å². The molecule has 15 heavy (non-hydrogen) atoms. The Bertz CT molecular complexity index is 327. The summed E-state index contributed by atoms with van der Waals surface area (Å²) in [5, 5.41) is 3.33. The van der Waals surface area contributed by atoms with Crippen molar-refractivity contribution >= 4 is 5.69 Å². The lowest BCUT2D eigenvalue weighted by atomic mass is 10.2. The highest BCUT2D eigenvalue weighted by Crippen LogP contribution is 2.23. The van der Waals surface area contributed by atoms with Crippen molar-refractivity contribution in [2.75, 3.05) is 18.5 Å². The monoisotopic (exact) mass is 205 g/mol. The first-order chi connectivity index (χ1) is 7.24. The smallest absolute Gasteiger partial charge is 0.142 e. The van der Waals surface area contributed by atoms with E-state index < -0.39 is 0 Å². The minimum absolute atomic E-state index is 0.696. The fourth-order valence-electron chi connectivity index (χ4n) is 1.26. The summed E-state index contributed by atoms with van der Waals surface area (Å²) >= 11 is 0. The summed E-state index contributed by atoms with van der Waals surface area (Å²) < 4.78 is 5.51. The van der Waals surface area contributed by atoms with Gasteiger partial charge < -0.3 is 10.1 Å². The number of para-hydroxylation sites is 2. The van der Waals surface area contributed by atoms with Crippen LogP contribution in [0.2, 0.25) is 0 Å². The summed E-state index contributed by atoms with van der Waals surface area (Å²) in [6.07, 6.45) is 2.16. The van der Waals surface area contributed by atoms with Crippen LogP contribution in [0.5, 0.6) is 5.75 Å². The van der Waals surface area contributed by atoms with E-state index in [0.29, 0.717) is 6.61 Å². The lowest BCUT2D eigenvalue weighted by Crippen LogP contribution is -2.02. The molecule has 0 amide bonds. The maximum Gasteiger partial charge on any atom is 0.142 e. The number of ether oxygens (including phenoxy) is 1. The van der Waals surface area contributed by atoms with Gasteiger partial charge in [0.05, 0.1) is 12.3 Å². The topological polar surface area (TPSA) is 21.3 Å². The highest BCUT2D eigenvalue weighted by Gasteiger charge is 1.99. The van der Waals surface area contributed by atoms with Gasteiger partial charge in [-0.25, -0.2) is 0 Å². The average molecular weight is 205 g/mol. The standard InChI is InChI=1S/C13H19NO/c1-4-15-13-8-6-5-7-12(13)14-10-9-11(2)3/h5-9,14H,4,10H2,1-3H3. The molecule has 0 atom stereocenters. The van der Waals surface area contributed by atoms with Gasteiger partial charge in [0.25, 0.3) is 0 Å². The van der Waals surface area contributed by atoms with Gasteiger partial charge in [-0.05, 0) is 32.9 Å². The van der Waals surface area contributed by atoms with Crippen LogP contribution in [0.25, 0.3) is 0 Å². The Hall–Kier alpha value is -1.44. The number of nitrogens with one attached hydrogen (secondary N) is 1. The van der Waals surface area contributed by atoms with Crippen molar-refractivity contribution in [3.05, 3.63) is 35.9 Å². The van der Waals surface area contributed by atoms with E-state index in [9.17, 15) is 0 Å². The van der Waals surface area contributed by atoms with E-state index in [-0.39, 0.29) is 0 Å². The van der Waals surface area contributed by atoms with Crippen LogP contribution >= 0.6 is 0 Å². The first kappa shape index (κ1) is 11.6. The van der Waals surface area contributed by atoms with Crippen LogP contribution < -0.4 is 10.1 Å². The molecule has 0 aliphatic rings. The Morgan fingerprint density at radius 1 is 1.33 bits per heavy atom. The van der Waals surface area contributed by atoms with Gasteiger partial charge in [0.2, 0.25) is 0 Å². The quantitative estimate of drug-likeness (QED) is 0.743. The van der Waals surface area contributed by atoms with Crippen LogP contribution in [-0.4, -0.2) is 13.2 Å². The maximum absolute atomic E-state index is 5.51. The zero-order valence-electron chi connectivity index (χ0n) is 9.71. The van der Waals surface area contributed by atoms with E-state index in [1.165, 1.54) is 5.57 Å². The Morgan fingerprint density at radius 2 is 2.07 bits per heavy atom. The fourth-order valence-corrected chi connectivity index (χ4v) is 1.26. The van der Waals surface area contributed by atoms with Crippen LogP contribution in [-0.2, 0) is 0 Å². The van der Waals surface area contributed by atoms with Crippen LogP contribution in [0, 0.1) is 0 Å². The van der Waals surface area contributed by atoms with Crippen LogP contribution in [0.4, 0.5) is 5.69 Å². The fraction of sp³-hybridized carbons (Fsp3) is 0.385. The van der Waals surface area contributed by atoms with Gasteiger partial charge >= 0.3 is 0 Å². The number of benzene rings is 1. The highest BCUT2D eigenvalue weighted by atomic mass is 16.5. The Labute approximate surface area is 92.0 Å². The number of allylic oxidation sites excluding steroid dienone is 1. The summed E-state index contributed by atoms with van der Waals surface area (Å²) in [5.74, 6) is 0.919. The molecule has 0 aliphatic carbocycles. The van der Waals surface area contributed by atoms with Crippen molar-refractivity contribution < 1.29 is 4.74 Å². The molecule has 0 spiro atoms. The molecule has 0 aromatic heterocycles. The number of hydrogen-bond acceptors (Lipinski definition) is 2. The van der Waals surface area contributed by atoms with Crippen molar-refractivity contribution in [1.29, 1.82) is 0 Å². The Balaban J connectivity index is 2.63. The number of hydrogen-bond donors (Lipinski definition) is 1. The summed E-state index contributed by atoms with van der Waals surface area (Å²) in [7, 11) is 0. The Morgan fingerprint density at radius 3 is 2.73 bits per heavy atom. The minimum atomic E-state index is 0.696. The zero-order valence-corrected chi connectivity index (χ0v) is 9.71. The number of rotatable bonds is 5. The van der Waals surface area contributed by atoms with Gasteiger partial charge in [-0.1, -0.05) is 23.8 Å². The molecule has 2 heteroatoms. The van der Waals surface area contributed by atoms with Crippen molar-refractivity contribution in [3.8, 4) is 5.75 Å². The van der Waals surface area contributed by atoms with Gasteiger partial charge in [-0.15, -0.1) is 0 Å². The molecule has 0 bridgehead atoms.